The number of carbonyl (C=O) groups excluding carboxylic acids is 1. The van der Waals surface area contributed by atoms with E-state index in [1.54, 1.807) is 12.1 Å². The largest absolute Gasteiger partial charge is 0.454 e. The normalized spacial score (nSPS) is 14.0. The predicted octanol–water partition coefficient (Wildman–Crippen LogP) is 2.61. The van der Waals surface area contributed by atoms with Crippen LogP contribution in [0.4, 0.5) is 0 Å². The third kappa shape index (κ3) is 5.84. The van der Waals surface area contributed by atoms with Crippen molar-refractivity contribution in [3.05, 3.63) is 18.2 Å². The van der Waals surface area contributed by atoms with Crippen molar-refractivity contribution in [2.45, 2.75) is 45.9 Å². The van der Waals surface area contributed by atoms with Gasteiger partial charge in [-0.15, -0.1) is 0 Å². The summed E-state index contributed by atoms with van der Waals surface area (Å²) < 4.78 is 38.7. The first-order chi connectivity index (χ1) is 12.5. The number of sulfonamides is 1. The number of carbonyl (C=O) groups is 1. The molecule has 0 spiro atoms. The van der Waals surface area contributed by atoms with Gasteiger partial charge in [0, 0.05) is 32.6 Å². The van der Waals surface area contributed by atoms with Crippen LogP contribution in [0.3, 0.4) is 0 Å². The van der Waals surface area contributed by atoms with Gasteiger partial charge in [0.15, 0.2) is 11.5 Å². The molecule has 152 valence electrons. The molecular weight excluding hydrogens is 368 g/mol. The Bertz CT molecular complexity index is 774. The third-order valence-electron chi connectivity index (χ3n) is 4.33. The summed E-state index contributed by atoms with van der Waals surface area (Å²) in [7, 11) is -3.68. The van der Waals surface area contributed by atoms with Gasteiger partial charge in [-0.3, -0.25) is 4.79 Å². The maximum absolute atomic E-state index is 13.3. The minimum atomic E-state index is -3.68. The van der Waals surface area contributed by atoms with Crippen LogP contribution in [-0.2, 0) is 14.8 Å². The van der Waals surface area contributed by atoms with Crippen LogP contribution in [0.2, 0.25) is 0 Å². The van der Waals surface area contributed by atoms with Crippen molar-refractivity contribution in [2.75, 3.05) is 26.4 Å². The SMILES string of the molecule is CC(=O)NCCC(C)(C)CN(CC(C)C)S(=O)(=O)c1ccc2c(c1)OCO2. The minimum absolute atomic E-state index is 0.0854. The van der Waals surface area contributed by atoms with E-state index in [0.29, 0.717) is 37.6 Å². The number of ether oxygens (including phenoxy) is 2. The Hall–Kier alpha value is -1.80. The lowest BCUT2D eigenvalue weighted by Crippen LogP contribution is -2.42. The van der Waals surface area contributed by atoms with E-state index >= 15 is 0 Å². The second-order valence-electron chi connectivity index (χ2n) is 8.10. The number of benzene rings is 1. The maximum atomic E-state index is 13.3. The first-order valence-corrected chi connectivity index (χ1v) is 10.6. The number of amides is 1. The molecule has 1 aliphatic heterocycles. The highest BCUT2D eigenvalue weighted by atomic mass is 32.2. The summed E-state index contributed by atoms with van der Waals surface area (Å²) >= 11 is 0. The molecule has 1 N–H and O–H groups in total. The maximum Gasteiger partial charge on any atom is 0.243 e. The van der Waals surface area contributed by atoms with Gasteiger partial charge in [0.05, 0.1) is 4.90 Å². The molecule has 0 bridgehead atoms. The van der Waals surface area contributed by atoms with Gasteiger partial charge >= 0.3 is 0 Å². The average molecular weight is 399 g/mol. The fraction of sp³-hybridized carbons (Fsp3) is 0.632. The van der Waals surface area contributed by atoms with Crippen LogP contribution in [0.1, 0.15) is 41.0 Å². The highest BCUT2D eigenvalue weighted by Crippen LogP contribution is 2.35. The lowest BCUT2D eigenvalue weighted by Gasteiger charge is -2.33. The predicted molar refractivity (Wildman–Crippen MR) is 103 cm³/mol. The van der Waals surface area contributed by atoms with Crippen molar-refractivity contribution in [1.29, 1.82) is 0 Å². The minimum Gasteiger partial charge on any atom is -0.454 e. The molecule has 1 aromatic rings. The summed E-state index contributed by atoms with van der Waals surface area (Å²) in [6.07, 6.45) is 0.678. The van der Waals surface area contributed by atoms with Gasteiger partial charge in [-0.25, -0.2) is 8.42 Å². The average Bonchev–Trinajstić information content (AvgIpc) is 3.00. The van der Waals surface area contributed by atoms with Crippen LogP contribution < -0.4 is 14.8 Å². The zero-order valence-corrected chi connectivity index (χ0v) is 17.6. The first kappa shape index (κ1) is 21.5. The Morgan fingerprint density at radius 3 is 2.56 bits per heavy atom. The van der Waals surface area contributed by atoms with Crippen LogP contribution in [0.25, 0.3) is 0 Å². The van der Waals surface area contributed by atoms with Crippen LogP contribution in [0, 0.1) is 11.3 Å². The number of fused-ring (bicyclic) bond motifs is 1. The van der Waals surface area contributed by atoms with Crippen molar-refractivity contribution < 1.29 is 22.7 Å². The van der Waals surface area contributed by atoms with E-state index in [1.165, 1.54) is 17.3 Å². The molecule has 1 aromatic carbocycles. The number of rotatable bonds is 9. The van der Waals surface area contributed by atoms with Crippen molar-refractivity contribution in [3.8, 4) is 11.5 Å². The second kappa shape index (κ2) is 8.48. The van der Waals surface area contributed by atoms with Crippen molar-refractivity contribution in [1.82, 2.24) is 9.62 Å². The smallest absolute Gasteiger partial charge is 0.243 e. The molecule has 0 aromatic heterocycles. The number of hydrogen-bond acceptors (Lipinski definition) is 5. The van der Waals surface area contributed by atoms with Crippen molar-refractivity contribution in [2.24, 2.45) is 11.3 Å². The quantitative estimate of drug-likeness (QED) is 0.691. The Balaban J connectivity index is 2.22. The van der Waals surface area contributed by atoms with E-state index in [-0.39, 0.29) is 28.9 Å². The van der Waals surface area contributed by atoms with Crippen molar-refractivity contribution >= 4 is 15.9 Å². The van der Waals surface area contributed by atoms with Crippen LogP contribution >= 0.6 is 0 Å². The van der Waals surface area contributed by atoms with Gasteiger partial charge in [0.1, 0.15) is 0 Å². The van der Waals surface area contributed by atoms with E-state index in [1.807, 2.05) is 27.7 Å². The molecule has 0 saturated heterocycles. The van der Waals surface area contributed by atoms with Gasteiger partial charge in [0.2, 0.25) is 22.7 Å². The zero-order valence-electron chi connectivity index (χ0n) is 16.7. The second-order valence-corrected chi connectivity index (χ2v) is 10.0. The molecular formula is C19H30N2O5S. The molecule has 0 atom stereocenters. The number of hydrogen-bond donors (Lipinski definition) is 1. The molecule has 1 heterocycles. The standard InChI is InChI=1S/C19H30N2O5S/c1-14(2)11-21(12-19(4,5)8-9-20-15(3)22)27(23,24)16-6-7-17-18(10-16)26-13-25-17/h6-7,10,14H,8-9,11-13H2,1-5H3,(H,20,22). The van der Waals surface area contributed by atoms with Crippen LogP contribution in [-0.4, -0.2) is 45.1 Å². The number of nitrogens with zero attached hydrogens (tertiary/aromatic N) is 1. The molecule has 1 aliphatic rings. The molecule has 0 radical (unpaired) electrons. The Labute approximate surface area is 162 Å². The van der Waals surface area contributed by atoms with E-state index in [9.17, 15) is 13.2 Å². The van der Waals surface area contributed by atoms with Crippen LogP contribution in [0.5, 0.6) is 11.5 Å². The molecule has 2 rings (SSSR count). The molecule has 27 heavy (non-hydrogen) atoms. The third-order valence-corrected chi connectivity index (χ3v) is 6.14. The topological polar surface area (TPSA) is 84.9 Å². The van der Waals surface area contributed by atoms with E-state index in [2.05, 4.69) is 5.32 Å². The van der Waals surface area contributed by atoms with E-state index in [4.69, 9.17) is 9.47 Å². The lowest BCUT2D eigenvalue weighted by molar-refractivity contribution is -0.119. The summed E-state index contributed by atoms with van der Waals surface area (Å²) in [5.74, 6) is 1.10. The van der Waals surface area contributed by atoms with Crippen molar-refractivity contribution in [3.63, 3.8) is 0 Å². The van der Waals surface area contributed by atoms with Gasteiger partial charge in [-0.2, -0.15) is 4.31 Å². The van der Waals surface area contributed by atoms with Gasteiger partial charge in [0.25, 0.3) is 0 Å². The molecule has 7 nitrogen and oxygen atoms in total. The zero-order chi connectivity index (χ0) is 20.2. The van der Waals surface area contributed by atoms with Gasteiger partial charge in [-0.1, -0.05) is 27.7 Å². The summed E-state index contributed by atoms with van der Waals surface area (Å²) in [5.41, 5.74) is -0.291. The van der Waals surface area contributed by atoms with Gasteiger partial charge < -0.3 is 14.8 Å². The van der Waals surface area contributed by atoms with Crippen LogP contribution in [0.15, 0.2) is 23.1 Å². The van der Waals surface area contributed by atoms with E-state index < -0.39 is 10.0 Å². The first-order valence-electron chi connectivity index (χ1n) is 9.15. The summed E-state index contributed by atoms with van der Waals surface area (Å²) in [6, 6.07) is 4.71. The molecule has 0 unspecified atom stereocenters. The molecule has 1 amide bonds. The van der Waals surface area contributed by atoms with E-state index in [0.717, 1.165) is 0 Å². The molecule has 0 saturated carbocycles. The Morgan fingerprint density at radius 2 is 1.93 bits per heavy atom. The Morgan fingerprint density at radius 1 is 1.26 bits per heavy atom. The molecule has 8 heteroatoms. The summed E-state index contributed by atoms with van der Waals surface area (Å²) in [6.45, 7) is 10.9. The summed E-state index contributed by atoms with van der Waals surface area (Å²) in [4.78, 5) is 11.3. The van der Waals surface area contributed by atoms with Gasteiger partial charge in [-0.05, 0) is 29.9 Å². The Kier molecular flexibility index (Phi) is 6.75. The highest BCUT2D eigenvalue weighted by molar-refractivity contribution is 7.89. The fourth-order valence-electron chi connectivity index (χ4n) is 2.97. The fourth-order valence-corrected chi connectivity index (χ4v) is 4.78. The lowest BCUT2D eigenvalue weighted by atomic mass is 9.89. The monoisotopic (exact) mass is 398 g/mol. The molecule has 0 fully saturated rings. The highest BCUT2D eigenvalue weighted by Gasteiger charge is 2.32. The number of nitrogens with one attached hydrogen (secondary N) is 1. The summed E-state index contributed by atoms with van der Waals surface area (Å²) in [5, 5.41) is 2.78. The molecule has 0 aliphatic carbocycles.